The van der Waals surface area contributed by atoms with Crippen LogP contribution in [0.25, 0.3) is 0 Å². The van der Waals surface area contributed by atoms with Gasteiger partial charge in [0.05, 0.1) is 12.0 Å². The molecule has 2 saturated heterocycles. The number of nitrogens with two attached hydrogens (primary N) is 1. The van der Waals surface area contributed by atoms with E-state index < -0.39 is 0 Å². The zero-order chi connectivity index (χ0) is 13.1. The average Bonchev–Trinajstić information content (AvgIpc) is 2.86. The van der Waals surface area contributed by atoms with Crippen LogP contribution in [0.3, 0.4) is 0 Å². The van der Waals surface area contributed by atoms with Crippen LogP contribution >= 0.6 is 0 Å². The first-order valence-corrected chi connectivity index (χ1v) is 7.33. The van der Waals surface area contributed by atoms with Gasteiger partial charge in [0.2, 0.25) is 5.91 Å². The Labute approximate surface area is 110 Å². The van der Waals surface area contributed by atoms with E-state index in [1.54, 1.807) is 0 Å². The highest BCUT2D eigenvalue weighted by Gasteiger charge is 2.37. The summed E-state index contributed by atoms with van der Waals surface area (Å²) in [5.41, 5.74) is 6.10. The van der Waals surface area contributed by atoms with Crippen molar-refractivity contribution in [1.82, 2.24) is 4.90 Å². The maximum Gasteiger partial charge on any atom is 0.228 e. The van der Waals surface area contributed by atoms with Gasteiger partial charge in [-0.2, -0.15) is 0 Å². The summed E-state index contributed by atoms with van der Waals surface area (Å²) in [5.74, 6) is 0.844. The minimum atomic E-state index is 0.0850. The van der Waals surface area contributed by atoms with E-state index in [1.807, 2.05) is 4.90 Å². The normalized spacial score (nSPS) is 36.9. The molecule has 2 heterocycles. The fraction of sp³-hybridized carbons (Fsp3) is 0.929. The maximum atomic E-state index is 12.5. The Morgan fingerprint density at radius 1 is 1.33 bits per heavy atom. The summed E-state index contributed by atoms with van der Waals surface area (Å²) in [6.07, 6.45) is 3.95. The second kappa shape index (κ2) is 6.02. The third-order valence-electron chi connectivity index (χ3n) is 4.56. The third kappa shape index (κ3) is 2.69. The molecule has 0 saturated carbocycles. The fourth-order valence-corrected chi connectivity index (χ4v) is 3.25. The van der Waals surface area contributed by atoms with Crippen LogP contribution in [-0.4, -0.2) is 42.6 Å². The molecule has 0 aromatic heterocycles. The van der Waals surface area contributed by atoms with Gasteiger partial charge in [0, 0.05) is 25.7 Å². The van der Waals surface area contributed by atoms with Crippen LogP contribution in [0.15, 0.2) is 0 Å². The van der Waals surface area contributed by atoms with Crippen molar-refractivity contribution in [1.29, 1.82) is 0 Å². The van der Waals surface area contributed by atoms with Gasteiger partial charge in [-0.3, -0.25) is 4.79 Å². The number of amides is 1. The molecule has 2 rings (SSSR count). The first-order valence-electron chi connectivity index (χ1n) is 7.33. The molecule has 2 aliphatic rings. The lowest BCUT2D eigenvalue weighted by Crippen LogP contribution is -2.51. The molecular formula is C14H26N2O2. The second-order valence-corrected chi connectivity index (χ2v) is 5.62. The SMILES string of the molecule is CCC1CN(C(=O)C2CCOC2CC)CCC1N. The smallest absolute Gasteiger partial charge is 0.228 e. The van der Waals surface area contributed by atoms with Gasteiger partial charge in [-0.1, -0.05) is 20.3 Å². The van der Waals surface area contributed by atoms with Crippen LogP contribution in [0.2, 0.25) is 0 Å². The molecule has 2 N–H and O–H groups in total. The van der Waals surface area contributed by atoms with Gasteiger partial charge in [0.25, 0.3) is 0 Å². The van der Waals surface area contributed by atoms with Gasteiger partial charge < -0.3 is 15.4 Å². The lowest BCUT2D eigenvalue weighted by Gasteiger charge is -2.38. The summed E-state index contributed by atoms with van der Waals surface area (Å²) in [6.45, 7) is 6.65. The van der Waals surface area contributed by atoms with Crippen molar-refractivity contribution < 1.29 is 9.53 Å². The van der Waals surface area contributed by atoms with Crippen molar-refractivity contribution in [2.45, 2.75) is 51.7 Å². The molecule has 4 unspecified atom stereocenters. The molecule has 2 fully saturated rings. The maximum absolute atomic E-state index is 12.5. The topological polar surface area (TPSA) is 55.6 Å². The lowest BCUT2D eigenvalue weighted by molar-refractivity contribution is -0.139. The van der Waals surface area contributed by atoms with Crippen LogP contribution in [0, 0.1) is 11.8 Å². The predicted octanol–water partition coefficient (Wildman–Crippen LogP) is 1.39. The number of carbonyl (C=O) groups is 1. The third-order valence-corrected chi connectivity index (χ3v) is 4.56. The summed E-state index contributed by atoms with van der Waals surface area (Å²) in [7, 11) is 0. The summed E-state index contributed by atoms with van der Waals surface area (Å²) in [4.78, 5) is 14.6. The number of rotatable bonds is 3. The van der Waals surface area contributed by atoms with Crippen molar-refractivity contribution in [3.63, 3.8) is 0 Å². The molecule has 18 heavy (non-hydrogen) atoms. The highest BCUT2D eigenvalue weighted by atomic mass is 16.5. The molecule has 0 aliphatic carbocycles. The fourth-order valence-electron chi connectivity index (χ4n) is 3.25. The Bertz CT molecular complexity index is 296. The minimum absolute atomic E-state index is 0.0850. The Morgan fingerprint density at radius 3 is 2.78 bits per heavy atom. The zero-order valence-electron chi connectivity index (χ0n) is 11.6. The average molecular weight is 254 g/mol. The summed E-state index contributed by atoms with van der Waals surface area (Å²) < 4.78 is 5.63. The van der Waals surface area contributed by atoms with Crippen LogP contribution in [-0.2, 0) is 9.53 Å². The Hall–Kier alpha value is -0.610. The van der Waals surface area contributed by atoms with Crippen LogP contribution < -0.4 is 5.73 Å². The van der Waals surface area contributed by atoms with E-state index in [-0.39, 0.29) is 18.1 Å². The van der Waals surface area contributed by atoms with Gasteiger partial charge in [0.1, 0.15) is 0 Å². The first-order chi connectivity index (χ1) is 8.67. The van der Waals surface area contributed by atoms with Crippen LogP contribution in [0.5, 0.6) is 0 Å². The van der Waals surface area contributed by atoms with E-state index in [2.05, 4.69) is 13.8 Å². The monoisotopic (exact) mass is 254 g/mol. The highest BCUT2D eigenvalue weighted by Crippen LogP contribution is 2.28. The number of ether oxygens (including phenoxy) is 1. The van der Waals surface area contributed by atoms with E-state index in [0.29, 0.717) is 11.8 Å². The number of hydrogen-bond donors (Lipinski definition) is 1. The summed E-state index contributed by atoms with van der Waals surface area (Å²) in [5, 5.41) is 0. The van der Waals surface area contributed by atoms with Crippen molar-refractivity contribution in [2.75, 3.05) is 19.7 Å². The van der Waals surface area contributed by atoms with Crippen molar-refractivity contribution in [2.24, 2.45) is 17.6 Å². The van der Waals surface area contributed by atoms with E-state index >= 15 is 0 Å². The zero-order valence-corrected chi connectivity index (χ0v) is 11.6. The van der Waals surface area contributed by atoms with E-state index in [4.69, 9.17) is 10.5 Å². The predicted molar refractivity (Wildman–Crippen MR) is 71.1 cm³/mol. The standard InChI is InChI=1S/C14H26N2O2/c1-3-10-9-16(7-5-12(10)15)14(17)11-6-8-18-13(11)4-2/h10-13H,3-9,15H2,1-2H3. The quantitative estimate of drug-likeness (QED) is 0.828. The van der Waals surface area contributed by atoms with E-state index in [1.165, 1.54) is 0 Å². The van der Waals surface area contributed by atoms with E-state index in [0.717, 1.165) is 45.4 Å². The van der Waals surface area contributed by atoms with Gasteiger partial charge in [-0.15, -0.1) is 0 Å². The van der Waals surface area contributed by atoms with Gasteiger partial charge >= 0.3 is 0 Å². The molecular weight excluding hydrogens is 228 g/mol. The molecule has 4 nitrogen and oxygen atoms in total. The number of likely N-dealkylation sites (tertiary alicyclic amines) is 1. The number of piperidine rings is 1. The highest BCUT2D eigenvalue weighted by molar-refractivity contribution is 5.79. The molecule has 0 spiro atoms. The molecule has 0 radical (unpaired) electrons. The Morgan fingerprint density at radius 2 is 2.11 bits per heavy atom. The Kier molecular flexibility index (Phi) is 4.62. The first kappa shape index (κ1) is 13.8. The minimum Gasteiger partial charge on any atom is -0.377 e. The number of nitrogens with zero attached hydrogens (tertiary/aromatic N) is 1. The van der Waals surface area contributed by atoms with Crippen LogP contribution in [0.4, 0.5) is 0 Å². The van der Waals surface area contributed by atoms with Crippen molar-refractivity contribution >= 4 is 5.91 Å². The molecule has 0 aromatic rings. The van der Waals surface area contributed by atoms with Crippen LogP contribution in [0.1, 0.15) is 39.5 Å². The van der Waals surface area contributed by atoms with Crippen molar-refractivity contribution in [3.05, 3.63) is 0 Å². The van der Waals surface area contributed by atoms with Gasteiger partial charge in [-0.25, -0.2) is 0 Å². The second-order valence-electron chi connectivity index (χ2n) is 5.62. The number of carbonyl (C=O) groups excluding carboxylic acids is 1. The molecule has 4 heteroatoms. The summed E-state index contributed by atoms with van der Waals surface area (Å²) in [6, 6.07) is 0.265. The number of hydrogen-bond acceptors (Lipinski definition) is 3. The largest absolute Gasteiger partial charge is 0.377 e. The molecule has 1 amide bonds. The van der Waals surface area contributed by atoms with Crippen molar-refractivity contribution in [3.8, 4) is 0 Å². The molecule has 104 valence electrons. The van der Waals surface area contributed by atoms with Gasteiger partial charge in [-0.05, 0) is 25.2 Å². The molecule has 0 aromatic carbocycles. The lowest BCUT2D eigenvalue weighted by atomic mass is 9.89. The van der Waals surface area contributed by atoms with Gasteiger partial charge in [0.15, 0.2) is 0 Å². The summed E-state index contributed by atoms with van der Waals surface area (Å²) >= 11 is 0. The Balaban J connectivity index is 1.96. The van der Waals surface area contributed by atoms with E-state index in [9.17, 15) is 4.79 Å². The molecule has 0 bridgehead atoms. The molecule has 4 atom stereocenters. The molecule has 2 aliphatic heterocycles.